The van der Waals surface area contributed by atoms with Gasteiger partial charge in [-0.05, 0) is 76.2 Å². The van der Waals surface area contributed by atoms with E-state index in [0.717, 1.165) is 25.3 Å². The number of nitrogens with one attached hydrogen (secondary N) is 1. The third-order valence-corrected chi connectivity index (χ3v) is 14.4. The number of benzene rings is 1. The summed E-state index contributed by atoms with van der Waals surface area (Å²) in [6, 6.07) is 0. The number of allylic oxidation sites excluding steroid dienone is 4. The number of methoxy groups -OCH3 is 1. The number of ether oxygens (including phenoxy) is 5. The Morgan fingerprint density at radius 3 is 2.08 bits per heavy atom. The third kappa shape index (κ3) is 7.98. The summed E-state index contributed by atoms with van der Waals surface area (Å²) in [6.45, 7) is 12.6. The minimum atomic E-state index is -2.08. The lowest BCUT2D eigenvalue weighted by Crippen LogP contribution is -2.51. The molecule has 3 aliphatic heterocycles. The largest absolute Gasteiger partial charge is 0.462 e. The first kappa shape index (κ1) is 45.1. The highest BCUT2D eigenvalue weighted by Crippen LogP contribution is 2.61. The Morgan fingerprint density at radius 1 is 0.855 bits per heavy atom. The van der Waals surface area contributed by atoms with Gasteiger partial charge in [0, 0.05) is 61.8 Å². The Kier molecular flexibility index (Phi) is 12.4. The Morgan fingerprint density at radius 2 is 1.48 bits per heavy atom. The zero-order chi connectivity index (χ0) is 45.2. The highest BCUT2D eigenvalue weighted by atomic mass is 16.7. The fourth-order valence-corrected chi connectivity index (χ4v) is 11.3. The van der Waals surface area contributed by atoms with Crippen LogP contribution in [0.4, 0.5) is 0 Å². The Balaban J connectivity index is 1.32. The molecule has 8 aliphatic rings. The van der Waals surface area contributed by atoms with E-state index in [2.05, 4.69) is 5.32 Å². The van der Waals surface area contributed by atoms with E-state index in [1.807, 2.05) is 0 Å². The van der Waals surface area contributed by atoms with Crippen LogP contribution >= 0.6 is 0 Å². The van der Waals surface area contributed by atoms with Crippen molar-refractivity contribution < 1.29 is 62.7 Å². The lowest BCUT2D eigenvalue weighted by atomic mass is 9.49. The second-order valence-corrected chi connectivity index (χ2v) is 19.0. The monoisotopic (exact) mass is 857 g/mol. The van der Waals surface area contributed by atoms with Gasteiger partial charge in [-0.15, -0.1) is 0 Å². The van der Waals surface area contributed by atoms with Gasteiger partial charge in [0.05, 0.1) is 52.4 Å². The summed E-state index contributed by atoms with van der Waals surface area (Å²) in [4.78, 5) is 83.8. The van der Waals surface area contributed by atoms with Gasteiger partial charge in [0.1, 0.15) is 17.6 Å². The standard InChI is InChI=1S/C48H59NO13/c1-22-11-10-12-23(2)45(56)49-32-18-33(51)35-36(40(32)54)42(61-46(57)48-19-29-15-30(20-48)17-31(16-29)21-48)27(6)43-37(35)44(55)47(8,62-43)59-14-13-34(58-9)24(3)41(60-28(7)50)26(5)39(53)25(4)38(22)52/h10-14,18,22,24-26,29-31,34,38-39,41,52-53H,15-17,19-21H2,1-9H3,(H,49,56)/b11-10-,14-13-,23-12-/t22-,24+,25+,26-,29?,30?,31?,34-,38-,39-,41+,47-,48?/m0/s1. The molecule has 3 heterocycles. The van der Waals surface area contributed by atoms with Crippen LogP contribution in [0.3, 0.4) is 0 Å². The normalized spacial score (nSPS) is 38.9. The quantitative estimate of drug-likeness (QED) is 0.234. The topological polar surface area (TPSA) is 201 Å². The van der Waals surface area contributed by atoms with E-state index >= 15 is 0 Å². The minimum Gasteiger partial charge on any atom is -0.462 e. The molecule has 1 amide bonds. The Bertz CT molecular complexity index is 2160. The van der Waals surface area contributed by atoms with Crippen LogP contribution in [0, 0.1) is 53.8 Å². The van der Waals surface area contributed by atoms with Gasteiger partial charge in [0.2, 0.25) is 5.78 Å². The van der Waals surface area contributed by atoms with E-state index in [4.69, 9.17) is 23.7 Å². The van der Waals surface area contributed by atoms with Crippen molar-refractivity contribution in [1.29, 1.82) is 0 Å². The molecule has 1 aromatic rings. The maximum Gasteiger partial charge on any atom is 0.317 e. The Hall–Kier alpha value is -4.92. The summed E-state index contributed by atoms with van der Waals surface area (Å²) in [7, 11) is 1.44. The van der Waals surface area contributed by atoms with Gasteiger partial charge >= 0.3 is 17.7 Å². The number of carbonyl (C=O) groups is 6. The van der Waals surface area contributed by atoms with Crippen molar-refractivity contribution in [2.45, 2.75) is 124 Å². The van der Waals surface area contributed by atoms with E-state index in [0.29, 0.717) is 37.0 Å². The lowest BCUT2D eigenvalue weighted by molar-refractivity contribution is -0.162. The smallest absolute Gasteiger partial charge is 0.317 e. The molecule has 9 rings (SSSR count). The van der Waals surface area contributed by atoms with Gasteiger partial charge in [-0.25, -0.2) is 0 Å². The van der Waals surface area contributed by atoms with Crippen molar-refractivity contribution in [3.8, 4) is 11.5 Å². The van der Waals surface area contributed by atoms with Crippen LogP contribution in [-0.4, -0.2) is 82.7 Å². The number of Topliss-reactive ketones (excluding diaryl/α,β-unsaturated/α-hetero) is 2. The molecule has 14 nitrogen and oxygen atoms in total. The summed E-state index contributed by atoms with van der Waals surface area (Å²) in [6.07, 6.45) is 9.69. The highest BCUT2D eigenvalue weighted by Gasteiger charge is 2.57. The number of rotatable bonds is 4. The maximum atomic E-state index is 14.6. The predicted octanol–water partition coefficient (Wildman–Crippen LogP) is 6.05. The number of aliphatic hydroxyl groups excluding tert-OH is 2. The average molecular weight is 858 g/mol. The van der Waals surface area contributed by atoms with Gasteiger partial charge in [0.25, 0.3) is 11.7 Å². The van der Waals surface area contributed by atoms with E-state index in [1.54, 1.807) is 46.8 Å². The summed E-state index contributed by atoms with van der Waals surface area (Å²) in [5.41, 5.74) is -1.71. The number of hydrogen-bond acceptors (Lipinski definition) is 13. The van der Waals surface area contributed by atoms with Crippen molar-refractivity contribution in [3.05, 3.63) is 70.2 Å². The second-order valence-electron chi connectivity index (χ2n) is 19.0. The van der Waals surface area contributed by atoms with Crippen molar-refractivity contribution >= 4 is 35.2 Å². The van der Waals surface area contributed by atoms with Crippen LogP contribution in [-0.2, 0) is 28.6 Å². The fourth-order valence-electron chi connectivity index (χ4n) is 11.3. The number of fused-ring (bicyclic) bond motifs is 14. The fraction of sp³-hybridized carbons (Fsp3) is 0.583. The summed E-state index contributed by atoms with van der Waals surface area (Å²) < 4.78 is 30.2. The summed E-state index contributed by atoms with van der Waals surface area (Å²) >= 11 is 0. The van der Waals surface area contributed by atoms with Crippen LogP contribution in [0.2, 0.25) is 0 Å². The average Bonchev–Trinajstić information content (AvgIpc) is 3.48. The maximum absolute atomic E-state index is 14.6. The molecule has 0 saturated heterocycles. The van der Waals surface area contributed by atoms with Gasteiger partial charge in [0.15, 0.2) is 5.78 Å². The third-order valence-electron chi connectivity index (χ3n) is 14.4. The molecule has 3 N–H and O–H groups in total. The lowest BCUT2D eigenvalue weighted by Gasteiger charge is -2.55. The van der Waals surface area contributed by atoms with E-state index in [9.17, 15) is 39.0 Å². The molecule has 0 spiro atoms. The van der Waals surface area contributed by atoms with Crippen LogP contribution in [0.1, 0.15) is 124 Å². The molecule has 0 radical (unpaired) electrons. The van der Waals surface area contributed by atoms with E-state index < -0.39 is 94.5 Å². The zero-order valence-electron chi connectivity index (χ0n) is 36.9. The van der Waals surface area contributed by atoms with E-state index in [-0.39, 0.29) is 45.0 Å². The first-order valence-electron chi connectivity index (χ1n) is 21.7. The van der Waals surface area contributed by atoms with Crippen LogP contribution < -0.4 is 14.8 Å². The van der Waals surface area contributed by atoms with Crippen LogP contribution in [0.5, 0.6) is 11.5 Å². The van der Waals surface area contributed by atoms with Gasteiger partial charge < -0.3 is 39.2 Å². The van der Waals surface area contributed by atoms with E-state index in [1.165, 1.54) is 46.3 Å². The highest BCUT2D eigenvalue weighted by molar-refractivity contribution is 6.31. The number of hydrogen-bond donors (Lipinski definition) is 3. The molecule has 9 bridgehead atoms. The molecular formula is C48H59NO13. The SMILES string of the molecule is CO[C@H]1/C=C\O[C@@]2(C)Oc3c(C)c(OC(=O)C45CC6CC(CC(C6)C4)C5)c4c(c3C2=O)C(=O)C=C(NC(=O)/C(C)=C\C=C/[C@H](C)[C@H](O)[C@@H](C)[C@H](O)[C@H](C)[C@H](OC(C)=O)[C@@H]1C)C4=O. The van der Waals surface area contributed by atoms with Gasteiger partial charge in [-0.3, -0.25) is 28.8 Å². The predicted molar refractivity (Wildman–Crippen MR) is 224 cm³/mol. The number of aliphatic hydroxyl groups is 2. The summed E-state index contributed by atoms with van der Waals surface area (Å²) in [5, 5.41) is 25.4. The first-order chi connectivity index (χ1) is 29.2. The first-order valence-corrected chi connectivity index (χ1v) is 21.7. The molecule has 0 aromatic heterocycles. The molecule has 4 fully saturated rings. The molecular weight excluding hydrogens is 799 g/mol. The van der Waals surface area contributed by atoms with Crippen LogP contribution in [0.25, 0.3) is 0 Å². The Labute approximate surface area is 362 Å². The number of ketones is 3. The summed E-state index contributed by atoms with van der Waals surface area (Å²) in [5.74, 6) is -7.86. The van der Waals surface area contributed by atoms with Crippen molar-refractivity contribution in [2.75, 3.05) is 7.11 Å². The van der Waals surface area contributed by atoms with Gasteiger partial charge in [-0.1, -0.05) is 45.9 Å². The molecule has 5 aliphatic carbocycles. The molecule has 14 heteroatoms. The molecule has 0 unspecified atom stereocenters. The number of amides is 1. The van der Waals surface area contributed by atoms with Gasteiger partial charge in [-0.2, -0.15) is 0 Å². The second kappa shape index (κ2) is 17.0. The van der Waals surface area contributed by atoms with Crippen molar-refractivity contribution in [1.82, 2.24) is 5.32 Å². The number of carbonyl (C=O) groups excluding carboxylic acids is 6. The molecule has 62 heavy (non-hydrogen) atoms. The zero-order valence-corrected chi connectivity index (χ0v) is 36.9. The molecule has 1 aromatic carbocycles. The van der Waals surface area contributed by atoms with Crippen LogP contribution in [0.15, 0.2) is 47.9 Å². The molecule has 9 atom stereocenters. The molecule has 4 saturated carbocycles. The number of esters is 2. The van der Waals surface area contributed by atoms with Crippen molar-refractivity contribution in [2.24, 2.45) is 46.8 Å². The van der Waals surface area contributed by atoms with Crippen molar-refractivity contribution in [3.63, 3.8) is 0 Å². The molecule has 334 valence electrons. The minimum absolute atomic E-state index is 0.0870.